The van der Waals surface area contributed by atoms with E-state index in [1.807, 2.05) is 54.6 Å². The molecule has 0 spiro atoms. The number of hydrogen-bond acceptors (Lipinski definition) is 2. The third kappa shape index (κ3) is 2.54. The summed E-state index contributed by atoms with van der Waals surface area (Å²) in [7, 11) is 0. The molecule has 3 heteroatoms. The molecule has 0 bridgehead atoms. The van der Waals surface area contributed by atoms with Crippen molar-refractivity contribution in [2.45, 2.75) is 5.88 Å². The zero-order chi connectivity index (χ0) is 13.1. The van der Waals surface area contributed by atoms with Gasteiger partial charge in [-0.3, -0.25) is 4.98 Å². The minimum atomic E-state index is 0.512. The Morgan fingerprint density at radius 2 is 1.79 bits per heavy atom. The molecule has 2 aromatic carbocycles. The van der Waals surface area contributed by atoms with Gasteiger partial charge >= 0.3 is 0 Å². The van der Waals surface area contributed by atoms with Gasteiger partial charge in [0.1, 0.15) is 11.5 Å². The van der Waals surface area contributed by atoms with Gasteiger partial charge in [-0.1, -0.05) is 18.2 Å². The predicted molar refractivity (Wildman–Crippen MR) is 77.8 cm³/mol. The van der Waals surface area contributed by atoms with Crippen molar-refractivity contribution in [1.29, 1.82) is 0 Å². The monoisotopic (exact) mass is 269 g/mol. The quantitative estimate of drug-likeness (QED) is 0.639. The largest absolute Gasteiger partial charge is 0.457 e. The van der Waals surface area contributed by atoms with Crippen LogP contribution in [0.25, 0.3) is 10.9 Å². The fraction of sp³-hybridized carbons (Fsp3) is 0.0625. The molecule has 0 saturated heterocycles. The summed E-state index contributed by atoms with van der Waals surface area (Å²) in [6, 6.07) is 17.5. The van der Waals surface area contributed by atoms with Gasteiger partial charge in [-0.15, -0.1) is 11.6 Å². The fourth-order valence-corrected chi connectivity index (χ4v) is 2.12. The van der Waals surface area contributed by atoms with E-state index in [1.165, 1.54) is 0 Å². The number of alkyl halides is 1. The molecule has 1 heterocycles. The fourth-order valence-electron chi connectivity index (χ4n) is 1.94. The van der Waals surface area contributed by atoms with Gasteiger partial charge in [0.05, 0.1) is 5.52 Å². The first-order valence-corrected chi connectivity index (χ1v) is 6.57. The Hall–Kier alpha value is -2.06. The maximum atomic E-state index is 5.91. The highest BCUT2D eigenvalue weighted by atomic mass is 35.5. The summed E-state index contributed by atoms with van der Waals surface area (Å²) in [6.07, 6.45) is 1.78. The molecule has 0 aliphatic rings. The number of hydrogen-bond donors (Lipinski definition) is 0. The van der Waals surface area contributed by atoms with E-state index in [0.29, 0.717) is 5.88 Å². The molecule has 0 radical (unpaired) electrons. The molecular weight excluding hydrogens is 258 g/mol. The minimum Gasteiger partial charge on any atom is -0.457 e. The summed E-state index contributed by atoms with van der Waals surface area (Å²) in [5, 5.41) is 1.01. The van der Waals surface area contributed by atoms with E-state index in [2.05, 4.69) is 4.98 Å². The Morgan fingerprint density at radius 3 is 2.58 bits per heavy atom. The molecule has 0 N–H and O–H groups in total. The normalized spacial score (nSPS) is 10.6. The molecule has 0 amide bonds. The highest BCUT2D eigenvalue weighted by Crippen LogP contribution is 2.28. The van der Waals surface area contributed by atoms with Gasteiger partial charge in [0.2, 0.25) is 0 Å². The van der Waals surface area contributed by atoms with E-state index >= 15 is 0 Å². The maximum Gasteiger partial charge on any atom is 0.136 e. The summed E-state index contributed by atoms with van der Waals surface area (Å²) in [5.41, 5.74) is 2.01. The van der Waals surface area contributed by atoms with Crippen LogP contribution in [-0.2, 0) is 5.88 Å². The molecule has 0 atom stereocenters. The van der Waals surface area contributed by atoms with Crippen molar-refractivity contribution in [1.82, 2.24) is 4.98 Å². The number of halogens is 1. The van der Waals surface area contributed by atoms with Crippen LogP contribution < -0.4 is 4.74 Å². The molecule has 1 aromatic heterocycles. The highest BCUT2D eigenvalue weighted by molar-refractivity contribution is 6.17. The lowest BCUT2D eigenvalue weighted by atomic mass is 10.2. The number of aromatic nitrogens is 1. The summed E-state index contributed by atoms with van der Waals surface area (Å²) in [4.78, 5) is 4.31. The van der Waals surface area contributed by atoms with Crippen LogP contribution >= 0.6 is 11.6 Å². The van der Waals surface area contributed by atoms with Crippen molar-refractivity contribution in [2.75, 3.05) is 0 Å². The molecule has 19 heavy (non-hydrogen) atoms. The van der Waals surface area contributed by atoms with Gasteiger partial charge < -0.3 is 4.74 Å². The molecule has 0 aliphatic heterocycles. The third-order valence-corrected chi connectivity index (χ3v) is 3.22. The Bertz CT molecular complexity index is 689. The van der Waals surface area contributed by atoms with Gasteiger partial charge in [0.15, 0.2) is 0 Å². The molecule has 0 aliphatic carbocycles. The summed E-state index contributed by atoms with van der Waals surface area (Å²) < 4.78 is 5.91. The summed E-state index contributed by atoms with van der Waals surface area (Å²) >= 11 is 5.77. The van der Waals surface area contributed by atoms with Gasteiger partial charge in [-0.25, -0.2) is 0 Å². The van der Waals surface area contributed by atoms with Crippen LogP contribution in [0.2, 0.25) is 0 Å². The first-order valence-electron chi connectivity index (χ1n) is 6.03. The number of benzene rings is 2. The predicted octanol–water partition coefficient (Wildman–Crippen LogP) is 4.77. The van der Waals surface area contributed by atoms with Crippen molar-refractivity contribution >= 4 is 22.5 Å². The van der Waals surface area contributed by atoms with E-state index in [4.69, 9.17) is 16.3 Å². The standard InChI is InChI=1S/C16H12ClNO/c17-11-12-6-8-13(9-7-12)19-16-5-1-4-15-14(16)3-2-10-18-15/h1-10H,11H2. The summed E-state index contributed by atoms with van der Waals surface area (Å²) in [5.74, 6) is 2.12. The zero-order valence-corrected chi connectivity index (χ0v) is 11.0. The molecule has 3 aromatic rings. The number of pyridine rings is 1. The van der Waals surface area contributed by atoms with Crippen LogP contribution in [0.1, 0.15) is 5.56 Å². The highest BCUT2D eigenvalue weighted by Gasteiger charge is 2.03. The van der Waals surface area contributed by atoms with Crippen molar-refractivity contribution in [2.24, 2.45) is 0 Å². The van der Waals surface area contributed by atoms with E-state index in [0.717, 1.165) is 28.0 Å². The van der Waals surface area contributed by atoms with Crippen molar-refractivity contribution in [3.63, 3.8) is 0 Å². The first kappa shape index (κ1) is 12.0. The number of fused-ring (bicyclic) bond motifs is 1. The van der Waals surface area contributed by atoms with Crippen LogP contribution in [0.15, 0.2) is 60.8 Å². The van der Waals surface area contributed by atoms with Gasteiger partial charge in [-0.05, 0) is 42.0 Å². The Kier molecular flexibility index (Phi) is 3.34. The SMILES string of the molecule is ClCc1ccc(Oc2cccc3ncccc23)cc1. The smallest absolute Gasteiger partial charge is 0.136 e. The second kappa shape index (κ2) is 5.29. The lowest BCUT2D eigenvalue weighted by Gasteiger charge is -2.08. The van der Waals surface area contributed by atoms with E-state index in [-0.39, 0.29) is 0 Å². The van der Waals surface area contributed by atoms with Gasteiger partial charge in [-0.2, -0.15) is 0 Å². The lowest BCUT2D eigenvalue weighted by molar-refractivity contribution is 0.488. The number of rotatable bonds is 3. The van der Waals surface area contributed by atoms with E-state index in [1.54, 1.807) is 6.20 Å². The van der Waals surface area contributed by atoms with Crippen LogP contribution in [0.5, 0.6) is 11.5 Å². The molecule has 3 rings (SSSR count). The average molecular weight is 270 g/mol. The Balaban J connectivity index is 1.96. The van der Waals surface area contributed by atoms with Gasteiger partial charge in [0, 0.05) is 17.5 Å². The number of nitrogens with zero attached hydrogens (tertiary/aromatic N) is 1. The Morgan fingerprint density at radius 1 is 0.947 bits per heavy atom. The zero-order valence-electron chi connectivity index (χ0n) is 10.2. The molecule has 0 unspecified atom stereocenters. The molecule has 94 valence electrons. The molecular formula is C16H12ClNO. The average Bonchev–Trinajstić information content (AvgIpc) is 2.48. The first-order chi connectivity index (χ1) is 9.36. The summed E-state index contributed by atoms with van der Waals surface area (Å²) in [6.45, 7) is 0. The minimum absolute atomic E-state index is 0.512. The van der Waals surface area contributed by atoms with E-state index in [9.17, 15) is 0 Å². The van der Waals surface area contributed by atoms with Crippen molar-refractivity contribution in [3.8, 4) is 11.5 Å². The second-order valence-electron chi connectivity index (χ2n) is 4.21. The number of ether oxygens (including phenoxy) is 1. The van der Waals surface area contributed by atoms with E-state index < -0.39 is 0 Å². The van der Waals surface area contributed by atoms with Crippen LogP contribution in [0.3, 0.4) is 0 Å². The van der Waals surface area contributed by atoms with Crippen LogP contribution in [0, 0.1) is 0 Å². The second-order valence-corrected chi connectivity index (χ2v) is 4.47. The topological polar surface area (TPSA) is 22.1 Å². The van der Waals surface area contributed by atoms with Crippen LogP contribution in [-0.4, -0.2) is 4.98 Å². The van der Waals surface area contributed by atoms with Gasteiger partial charge in [0.25, 0.3) is 0 Å². The molecule has 2 nitrogen and oxygen atoms in total. The van der Waals surface area contributed by atoms with Crippen molar-refractivity contribution in [3.05, 3.63) is 66.4 Å². The molecule has 0 fully saturated rings. The van der Waals surface area contributed by atoms with Crippen molar-refractivity contribution < 1.29 is 4.74 Å². The molecule has 0 saturated carbocycles. The Labute approximate surface area is 116 Å². The third-order valence-electron chi connectivity index (χ3n) is 2.91. The maximum absolute atomic E-state index is 5.91. The van der Waals surface area contributed by atoms with Crippen LogP contribution in [0.4, 0.5) is 0 Å². The lowest BCUT2D eigenvalue weighted by Crippen LogP contribution is -1.87.